The van der Waals surface area contributed by atoms with E-state index in [9.17, 15) is 9.59 Å². The highest BCUT2D eigenvalue weighted by Crippen LogP contribution is 2.13. The summed E-state index contributed by atoms with van der Waals surface area (Å²) in [5.41, 5.74) is 7.50. The van der Waals surface area contributed by atoms with E-state index in [4.69, 9.17) is 5.73 Å². The van der Waals surface area contributed by atoms with Crippen molar-refractivity contribution < 1.29 is 4.79 Å². The average molecular weight is 325 g/mol. The minimum absolute atomic E-state index is 0. The highest BCUT2D eigenvalue weighted by atomic mass is 35.5. The number of fused-ring (bicyclic) bond motifs is 1. The molecule has 7 heteroatoms. The number of halogens is 1. The van der Waals surface area contributed by atoms with E-state index >= 15 is 0 Å². The Morgan fingerprint density at radius 1 is 1.32 bits per heavy atom. The fourth-order valence-corrected chi connectivity index (χ4v) is 2.96. The number of carbonyl (C=O) groups excluding carboxylic acids is 1. The molecule has 1 amide bonds. The van der Waals surface area contributed by atoms with Crippen LogP contribution in [0, 0.1) is 0 Å². The van der Waals surface area contributed by atoms with Gasteiger partial charge in [0, 0.05) is 39.1 Å². The van der Waals surface area contributed by atoms with E-state index in [0.29, 0.717) is 19.5 Å². The summed E-state index contributed by atoms with van der Waals surface area (Å²) in [5.74, 6) is 0.0720. The predicted molar refractivity (Wildman–Crippen MR) is 88.2 cm³/mol. The van der Waals surface area contributed by atoms with Gasteiger partial charge in [-0.25, -0.2) is 4.79 Å². The van der Waals surface area contributed by atoms with Crippen molar-refractivity contribution in [2.24, 2.45) is 12.8 Å². The number of nitrogens with two attached hydrogens (primary N) is 1. The van der Waals surface area contributed by atoms with E-state index in [2.05, 4.69) is 0 Å². The van der Waals surface area contributed by atoms with Crippen LogP contribution >= 0.6 is 12.4 Å². The lowest BCUT2D eigenvalue weighted by Crippen LogP contribution is -2.33. The first-order chi connectivity index (χ1) is 10.1. The zero-order chi connectivity index (χ0) is 15.0. The first kappa shape index (κ1) is 16.6. The van der Waals surface area contributed by atoms with Gasteiger partial charge in [0.2, 0.25) is 5.91 Å². The molecule has 0 spiro atoms. The zero-order valence-corrected chi connectivity index (χ0v) is 13.4. The summed E-state index contributed by atoms with van der Waals surface area (Å²) < 4.78 is 3.29. The standard InChI is InChI=1S/C15H20N4O2.ClH/c1-17-12-4-2-3-5-13(12)19(15(17)21)9-7-14(20)18-8-6-11(16)10-18;/h2-5,11H,6-10,16H2,1H3;1H/t11-;/m1./s1. The molecule has 1 fully saturated rings. The molecule has 0 aliphatic carbocycles. The van der Waals surface area contributed by atoms with Gasteiger partial charge in [0.25, 0.3) is 0 Å². The minimum atomic E-state index is -0.0814. The molecular weight excluding hydrogens is 304 g/mol. The highest BCUT2D eigenvalue weighted by Gasteiger charge is 2.23. The maximum atomic E-state index is 12.3. The molecule has 22 heavy (non-hydrogen) atoms. The number of aryl methyl sites for hydroxylation is 2. The van der Waals surface area contributed by atoms with Crippen LogP contribution in [0.2, 0.25) is 0 Å². The van der Waals surface area contributed by atoms with Crippen molar-refractivity contribution in [2.75, 3.05) is 13.1 Å². The summed E-state index contributed by atoms with van der Waals surface area (Å²) in [4.78, 5) is 26.2. The van der Waals surface area contributed by atoms with Crippen molar-refractivity contribution in [1.29, 1.82) is 0 Å². The van der Waals surface area contributed by atoms with Crippen molar-refractivity contribution >= 4 is 29.3 Å². The SMILES string of the molecule is Cl.Cn1c(=O)n(CCC(=O)N2CC[C@@H](N)C2)c2ccccc21. The lowest BCUT2D eigenvalue weighted by Gasteiger charge is -2.15. The van der Waals surface area contributed by atoms with Gasteiger partial charge in [-0.2, -0.15) is 0 Å². The number of rotatable bonds is 3. The van der Waals surface area contributed by atoms with Crippen molar-refractivity contribution in [3.63, 3.8) is 0 Å². The molecule has 2 heterocycles. The molecule has 1 aliphatic rings. The summed E-state index contributed by atoms with van der Waals surface area (Å²) >= 11 is 0. The lowest BCUT2D eigenvalue weighted by atomic mass is 10.3. The molecule has 1 atom stereocenters. The number of aromatic nitrogens is 2. The first-order valence-electron chi connectivity index (χ1n) is 7.25. The molecule has 1 aromatic carbocycles. The fourth-order valence-electron chi connectivity index (χ4n) is 2.96. The number of amides is 1. The number of hydrogen-bond acceptors (Lipinski definition) is 3. The van der Waals surface area contributed by atoms with E-state index in [1.54, 1.807) is 21.1 Å². The summed E-state index contributed by atoms with van der Waals surface area (Å²) in [7, 11) is 1.75. The van der Waals surface area contributed by atoms with Gasteiger partial charge in [-0.1, -0.05) is 12.1 Å². The number of benzene rings is 1. The van der Waals surface area contributed by atoms with Crippen LogP contribution in [0.4, 0.5) is 0 Å². The second-order valence-electron chi connectivity index (χ2n) is 5.62. The molecule has 6 nitrogen and oxygen atoms in total. The topological polar surface area (TPSA) is 73.3 Å². The Kier molecular flexibility index (Phi) is 4.93. The zero-order valence-electron chi connectivity index (χ0n) is 12.6. The van der Waals surface area contributed by atoms with E-state index in [0.717, 1.165) is 24.0 Å². The third-order valence-corrected chi connectivity index (χ3v) is 4.18. The number of imidazole rings is 1. The van der Waals surface area contributed by atoms with Crippen LogP contribution in [0.25, 0.3) is 11.0 Å². The smallest absolute Gasteiger partial charge is 0.328 e. The van der Waals surface area contributed by atoms with E-state index < -0.39 is 0 Å². The van der Waals surface area contributed by atoms with Crippen LogP contribution in [0.1, 0.15) is 12.8 Å². The molecule has 0 radical (unpaired) electrons. The van der Waals surface area contributed by atoms with Crippen molar-refractivity contribution in [3.8, 4) is 0 Å². The minimum Gasteiger partial charge on any atom is -0.341 e. The van der Waals surface area contributed by atoms with E-state index in [1.807, 2.05) is 24.3 Å². The van der Waals surface area contributed by atoms with Gasteiger partial charge < -0.3 is 10.6 Å². The third kappa shape index (κ3) is 2.89. The second kappa shape index (κ2) is 6.54. The van der Waals surface area contributed by atoms with Gasteiger partial charge in [0.05, 0.1) is 11.0 Å². The van der Waals surface area contributed by atoms with E-state index in [1.165, 1.54) is 0 Å². The Hall–Kier alpha value is -1.79. The van der Waals surface area contributed by atoms with Gasteiger partial charge in [-0.3, -0.25) is 13.9 Å². The van der Waals surface area contributed by atoms with Crippen LogP contribution in [0.15, 0.2) is 29.1 Å². The van der Waals surface area contributed by atoms with Crippen LogP contribution in [0.5, 0.6) is 0 Å². The molecule has 0 saturated carbocycles. The molecule has 0 unspecified atom stereocenters. The summed E-state index contributed by atoms with van der Waals surface area (Å²) in [6.45, 7) is 1.76. The monoisotopic (exact) mass is 324 g/mol. The van der Waals surface area contributed by atoms with Crippen molar-refractivity contribution in [2.45, 2.75) is 25.4 Å². The predicted octanol–water partition coefficient (Wildman–Crippen LogP) is 0.712. The average Bonchev–Trinajstić information content (AvgIpc) is 3.02. The molecule has 2 N–H and O–H groups in total. The quantitative estimate of drug-likeness (QED) is 0.903. The van der Waals surface area contributed by atoms with Gasteiger partial charge in [-0.15, -0.1) is 12.4 Å². The maximum absolute atomic E-state index is 12.3. The Balaban J connectivity index is 0.00000176. The third-order valence-electron chi connectivity index (χ3n) is 4.18. The Bertz CT molecular complexity index is 737. The molecule has 120 valence electrons. The molecule has 1 aromatic heterocycles. The maximum Gasteiger partial charge on any atom is 0.328 e. The molecule has 1 aliphatic heterocycles. The second-order valence-corrected chi connectivity index (χ2v) is 5.62. The lowest BCUT2D eigenvalue weighted by molar-refractivity contribution is -0.130. The largest absolute Gasteiger partial charge is 0.341 e. The molecule has 3 rings (SSSR count). The Morgan fingerprint density at radius 3 is 2.64 bits per heavy atom. The van der Waals surface area contributed by atoms with Crippen LogP contribution < -0.4 is 11.4 Å². The number of para-hydroxylation sites is 2. The number of nitrogens with zero attached hydrogens (tertiary/aromatic N) is 3. The number of carbonyl (C=O) groups is 1. The summed E-state index contributed by atoms with van der Waals surface area (Å²) in [6, 6.07) is 7.72. The highest BCUT2D eigenvalue weighted by molar-refractivity contribution is 5.85. The molecular formula is C15H21ClN4O2. The Morgan fingerprint density at radius 2 is 2.00 bits per heavy atom. The fraction of sp³-hybridized carbons (Fsp3) is 0.467. The Labute approximate surface area is 134 Å². The normalized spacial score (nSPS) is 17.7. The summed E-state index contributed by atoms with van der Waals surface area (Å²) in [6.07, 6.45) is 1.20. The van der Waals surface area contributed by atoms with Gasteiger partial charge in [0.1, 0.15) is 0 Å². The number of likely N-dealkylation sites (tertiary alicyclic amines) is 1. The summed E-state index contributed by atoms with van der Waals surface area (Å²) in [5, 5.41) is 0. The molecule has 0 bridgehead atoms. The van der Waals surface area contributed by atoms with Gasteiger partial charge in [-0.05, 0) is 18.6 Å². The molecule has 2 aromatic rings. The number of hydrogen-bond donors (Lipinski definition) is 1. The van der Waals surface area contributed by atoms with Gasteiger partial charge >= 0.3 is 5.69 Å². The van der Waals surface area contributed by atoms with Gasteiger partial charge in [0.15, 0.2) is 0 Å². The van der Waals surface area contributed by atoms with Crippen LogP contribution in [-0.4, -0.2) is 39.1 Å². The van der Waals surface area contributed by atoms with Crippen LogP contribution in [-0.2, 0) is 18.4 Å². The first-order valence-corrected chi connectivity index (χ1v) is 7.25. The van der Waals surface area contributed by atoms with E-state index in [-0.39, 0.29) is 30.0 Å². The van der Waals surface area contributed by atoms with Crippen molar-refractivity contribution in [1.82, 2.24) is 14.0 Å². The van der Waals surface area contributed by atoms with Crippen molar-refractivity contribution in [3.05, 3.63) is 34.7 Å². The van der Waals surface area contributed by atoms with Crippen LogP contribution in [0.3, 0.4) is 0 Å². The molecule has 1 saturated heterocycles.